The van der Waals surface area contributed by atoms with Crippen LogP contribution in [0.25, 0.3) is 0 Å². The lowest BCUT2D eigenvalue weighted by Gasteiger charge is -2.11. The molecule has 0 bridgehead atoms. The number of halogens is 1. The van der Waals surface area contributed by atoms with Crippen LogP contribution in [0.4, 0.5) is 15.9 Å². The molecule has 1 amide bonds. The number of hydrogen-bond acceptors (Lipinski definition) is 6. The van der Waals surface area contributed by atoms with Crippen molar-refractivity contribution in [3.05, 3.63) is 71.9 Å². The summed E-state index contributed by atoms with van der Waals surface area (Å²) in [6, 6.07) is 12.7. The summed E-state index contributed by atoms with van der Waals surface area (Å²) in [5.41, 5.74) is 1.46. The molecule has 28 heavy (non-hydrogen) atoms. The number of carbonyl (C=O) groups is 1. The molecule has 0 aliphatic carbocycles. The van der Waals surface area contributed by atoms with Gasteiger partial charge in [0.05, 0.1) is 14.2 Å². The average Bonchev–Trinajstić information content (AvgIpc) is 2.72. The van der Waals surface area contributed by atoms with Crippen LogP contribution in [0.2, 0.25) is 0 Å². The van der Waals surface area contributed by atoms with Crippen LogP contribution in [0.5, 0.6) is 11.5 Å². The summed E-state index contributed by atoms with van der Waals surface area (Å²) < 4.78 is 23.7. The van der Waals surface area contributed by atoms with E-state index >= 15 is 0 Å². The molecule has 1 aromatic heterocycles. The molecule has 3 aromatic rings. The summed E-state index contributed by atoms with van der Waals surface area (Å²) in [5, 5.41) is 5.73. The van der Waals surface area contributed by atoms with Crippen LogP contribution in [0.1, 0.15) is 16.1 Å². The van der Waals surface area contributed by atoms with Crippen molar-refractivity contribution >= 4 is 17.4 Å². The topological polar surface area (TPSA) is 85.4 Å². The molecule has 0 saturated carbocycles. The first-order chi connectivity index (χ1) is 13.6. The Kier molecular flexibility index (Phi) is 6.01. The van der Waals surface area contributed by atoms with Crippen molar-refractivity contribution in [3.8, 4) is 11.5 Å². The number of ether oxygens (including phenoxy) is 2. The second-order valence-electron chi connectivity index (χ2n) is 5.80. The molecule has 0 atom stereocenters. The Labute approximate surface area is 161 Å². The predicted octanol–water partition coefficient (Wildman–Crippen LogP) is 3.50. The van der Waals surface area contributed by atoms with Crippen LogP contribution in [-0.4, -0.2) is 30.1 Å². The van der Waals surface area contributed by atoms with E-state index in [1.165, 1.54) is 30.6 Å². The van der Waals surface area contributed by atoms with E-state index in [1.54, 1.807) is 20.3 Å². The first-order valence-electron chi connectivity index (χ1n) is 8.43. The fourth-order valence-electron chi connectivity index (χ4n) is 2.52. The molecule has 1 heterocycles. The fourth-order valence-corrected chi connectivity index (χ4v) is 2.52. The second kappa shape index (κ2) is 8.81. The quantitative estimate of drug-likeness (QED) is 0.651. The third-order valence-electron chi connectivity index (χ3n) is 3.90. The number of anilines is 2. The van der Waals surface area contributed by atoms with E-state index in [-0.39, 0.29) is 5.69 Å². The number of aromatic nitrogens is 2. The van der Waals surface area contributed by atoms with Crippen molar-refractivity contribution in [2.24, 2.45) is 0 Å². The van der Waals surface area contributed by atoms with Gasteiger partial charge in [0.2, 0.25) is 0 Å². The van der Waals surface area contributed by atoms with Gasteiger partial charge in [0.15, 0.2) is 11.5 Å². The van der Waals surface area contributed by atoms with Crippen molar-refractivity contribution in [2.45, 2.75) is 6.54 Å². The summed E-state index contributed by atoms with van der Waals surface area (Å²) in [6.45, 7) is 0.461. The van der Waals surface area contributed by atoms with Crippen LogP contribution in [0.3, 0.4) is 0 Å². The minimum absolute atomic E-state index is 0.161. The molecule has 0 fully saturated rings. The third-order valence-corrected chi connectivity index (χ3v) is 3.90. The molecule has 0 radical (unpaired) electrons. The summed E-state index contributed by atoms with van der Waals surface area (Å²) >= 11 is 0. The smallest absolute Gasteiger partial charge is 0.274 e. The van der Waals surface area contributed by atoms with E-state index in [0.717, 1.165) is 5.56 Å². The zero-order valence-corrected chi connectivity index (χ0v) is 15.4. The van der Waals surface area contributed by atoms with E-state index in [0.29, 0.717) is 29.5 Å². The van der Waals surface area contributed by atoms with Gasteiger partial charge in [-0.15, -0.1) is 0 Å². The molecule has 0 unspecified atom stereocenters. The van der Waals surface area contributed by atoms with Crippen molar-refractivity contribution in [1.29, 1.82) is 0 Å². The van der Waals surface area contributed by atoms with Gasteiger partial charge in [0.1, 0.15) is 23.7 Å². The molecular formula is C20H19FN4O3. The minimum Gasteiger partial charge on any atom is -0.493 e. The molecule has 0 aliphatic heterocycles. The SMILES string of the molecule is COc1ccc(CNc2cc(C(=O)Nc3cccc(F)c3)ncn2)cc1OC. The monoisotopic (exact) mass is 382 g/mol. The van der Waals surface area contributed by atoms with Gasteiger partial charge in [-0.25, -0.2) is 14.4 Å². The Bertz CT molecular complexity index is 981. The minimum atomic E-state index is -0.456. The maximum absolute atomic E-state index is 13.2. The number of amides is 1. The Morgan fingerprint density at radius 3 is 2.61 bits per heavy atom. The van der Waals surface area contributed by atoms with Gasteiger partial charge in [0.25, 0.3) is 5.91 Å². The Hall–Kier alpha value is -3.68. The number of benzene rings is 2. The molecule has 0 spiro atoms. The van der Waals surface area contributed by atoms with E-state index in [1.807, 2.05) is 18.2 Å². The summed E-state index contributed by atoms with van der Waals surface area (Å²) in [4.78, 5) is 20.4. The zero-order valence-electron chi connectivity index (χ0n) is 15.4. The number of carbonyl (C=O) groups excluding carboxylic acids is 1. The van der Waals surface area contributed by atoms with Crippen molar-refractivity contribution < 1.29 is 18.7 Å². The van der Waals surface area contributed by atoms with Gasteiger partial charge in [-0.3, -0.25) is 4.79 Å². The number of hydrogen-bond donors (Lipinski definition) is 2. The van der Waals surface area contributed by atoms with Gasteiger partial charge >= 0.3 is 0 Å². The van der Waals surface area contributed by atoms with Crippen LogP contribution in [-0.2, 0) is 6.54 Å². The number of nitrogens with zero attached hydrogens (tertiary/aromatic N) is 2. The molecule has 144 valence electrons. The highest BCUT2D eigenvalue weighted by Crippen LogP contribution is 2.27. The highest BCUT2D eigenvalue weighted by atomic mass is 19.1. The fraction of sp³-hybridized carbons (Fsp3) is 0.150. The highest BCUT2D eigenvalue weighted by molar-refractivity contribution is 6.03. The van der Waals surface area contributed by atoms with Crippen LogP contribution in [0.15, 0.2) is 54.9 Å². The average molecular weight is 382 g/mol. The van der Waals surface area contributed by atoms with Gasteiger partial charge in [-0.1, -0.05) is 12.1 Å². The number of nitrogens with one attached hydrogen (secondary N) is 2. The first-order valence-corrected chi connectivity index (χ1v) is 8.43. The summed E-state index contributed by atoms with van der Waals surface area (Å²) in [6.07, 6.45) is 1.29. The van der Waals surface area contributed by atoms with Crippen LogP contribution >= 0.6 is 0 Å². The zero-order chi connectivity index (χ0) is 19.9. The first kappa shape index (κ1) is 19.1. The Balaban J connectivity index is 1.67. The number of methoxy groups -OCH3 is 2. The maximum Gasteiger partial charge on any atom is 0.274 e. The molecule has 2 aromatic carbocycles. The van der Waals surface area contributed by atoms with Gasteiger partial charge in [-0.05, 0) is 35.9 Å². The lowest BCUT2D eigenvalue weighted by Crippen LogP contribution is -2.14. The van der Waals surface area contributed by atoms with E-state index < -0.39 is 11.7 Å². The van der Waals surface area contributed by atoms with E-state index in [9.17, 15) is 9.18 Å². The second-order valence-corrected chi connectivity index (χ2v) is 5.80. The Morgan fingerprint density at radius 2 is 1.86 bits per heavy atom. The van der Waals surface area contributed by atoms with Crippen molar-refractivity contribution in [2.75, 3.05) is 24.9 Å². The molecule has 0 aliphatic rings. The molecule has 0 saturated heterocycles. The standard InChI is InChI=1S/C20H19FN4O3/c1-27-17-7-6-13(8-18(17)28-2)11-22-19-10-16(23-12-24-19)20(26)25-15-5-3-4-14(21)9-15/h3-10,12H,11H2,1-2H3,(H,25,26)(H,22,23,24). The van der Waals surface area contributed by atoms with Gasteiger partial charge in [-0.2, -0.15) is 0 Å². The number of rotatable bonds is 7. The lowest BCUT2D eigenvalue weighted by atomic mass is 10.2. The summed E-state index contributed by atoms with van der Waals surface area (Å²) in [7, 11) is 3.15. The molecule has 3 rings (SSSR count). The van der Waals surface area contributed by atoms with E-state index in [2.05, 4.69) is 20.6 Å². The predicted molar refractivity (Wildman–Crippen MR) is 103 cm³/mol. The third kappa shape index (κ3) is 4.73. The lowest BCUT2D eigenvalue weighted by molar-refractivity contribution is 0.102. The van der Waals surface area contributed by atoms with Gasteiger partial charge in [0, 0.05) is 18.3 Å². The van der Waals surface area contributed by atoms with Crippen LogP contribution in [0, 0.1) is 5.82 Å². The largest absolute Gasteiger partial charge is 0.493 e. The molecule has 2 N–H and O–H groups in total. The molecule has 7 nitrogen and oxygen atoms in total. The van der Waals surface area contributed by atoms with Crippen molar-refractivity contribution in [3.63, 3.8) is 0 Å². The summed E-state index contributed by atoms with van der Waals surface area (Å²) in [5.74, 6) is 0.860. The van der Waals surface area contributed by atoms with Crippen LogP contribution < -0.4 is 20.1 Å². The van der Waals surface area contributed by atoms with Gasteiger partial charge < -0.3 is 20.1 Å². The maximum atomic E-state index is 13.2. The normalized spacial score (nSPS) is 10.2. The molecular weight excluding hydrogens is 363 g/mol. The highest BCUT2D eigenvalue weighted by Gasteiger charge is 2.10. The molecule has 8 heteroatoms. The Morgan fingerprint density at radius 1 is 1.04 bits per heavy atom. The van der Waals surface area contributed by atoms with E-state index in [4.69, 9.17) is 9.47 Å². The van der Waals surface area contributed by atoms with Crippen molar-refractivity contribution in [1.82, 2.24) is 9.97 Å².